The number of carbonyl (C=O) groups excluding carboxylic acids is 3. The lowest BCUT2D eigenvalue weighted by Crippen LogP contribution is -2.42. The molecule has 2 aromatic carbocycles. The van der Waals surface area contributed by atoms with E-state index in [2.05, 4.69) is 10.6 Å². The topological polar surface area (TPSA) is 105 Å². The first kappa shape index (κ1) is 26.2. The van der Waals surface area contributed by atoms with Crippen LogP contribution in [-0.2, 0) is 25.5 Å². The molecule has 3 rings (SSSR count). The van der Waals surface area contributed by atoms with Crippen molar-refractivity contribution in [3.05, 3.63) is 83.9 Å². The van der Waals surface area contributed by atoms with E-state index in [1.807, 2.05) is 72.8 Å². The summed E-state index contributed by atoms with van der Waals surface area (Å²) in [7, 11) is 0. The van der Waals surface area contributed by atoms with Crippen LogP contribution >= 0.6 is 0 Å². The van der Waals surface area contributed by atoms with E-state index in [0.717, 1.165) is 11.1 Å². The van der Waals surface area contributed by atoms with Crippen LogP contribution in [0, 0.1) is 5.92 Å². The molecule has 1 aliphatic heterocycles. The lowest BCUT2D eigenvalue weighted by molar-refractivity contribution is -0.150. The van der Waals surface area contributed by atoms with Crippen molar-refractivity contribution in [3.8, 4) is 0 Å². The number of hydrogen-bond acceptors (Lipinski definition) is 5. The molecule has 3 atom stereocenters. The highest BCUT2D eigenvalue weighted by molar-refractivity contribution is 5.86. The fourth-order valence-corrected chi connectivity index (χ4v) is 4.05. The molecule has 0 bridgehead atoms. The first-order chi connectivity index (χ1) is 17.0. The zero-order valence-corrected chi connectivity index (χ0v) is 19.9. The van der Waals surface area contributed by atoms with Crippen LogP contribution in [0.3, 0.4) is 0 Å². The number of benzene rings is 2. The number of hydrogen-bond donors (Lipinski definition) is 3. The Bertz CT molecular complexity index is 977. The summed E-state index contributed by atoms with van der Waals surface area (Å²) < 4.78 is 5.65. The van der Waals surface area contributed by atoms with Crippen molar-refractivity contribution in [2.75, 3.05) is 13.2 Å². The third-order valence-corrected chi connectivity index (χ3v) is 5.96. The minimum atomic E-state index is -0.597. The normalized spacial score (nSPS) is 20.4. The van der Waals surface area contributed by atoms with Crippen molar-refractivity contribution in [1.29, 1.82) is 0 Å². The molecule has 0 aromatic heterocycles. The van der Waals surface area contributed by atoms with Gasteiger partial charge in [0.2, 0.25) is 11.8 Å². The number of nitrogens with one attached hydrogen (secondary N) is 2. The maximum atomic E-state index is 13.0. The summed E-state index contributed by atoms with van der Waals surface area (Å²) in [6.45, 7) is -0.0643. The number of carbonyl (C=O) groups is 3. The second-order valence-corrected chi connectivity index (χ2v) is 8.77. The SMILES string of the molecule is O=C(C[C@H]1CC=CCCCC(=O)O[C@H](c2ccccc2)CNC1=O)N[C@@H](CO)Cc1ccccc1. The molecule has 186 valence electrons. The summed E-state index contributed by atoms with van der Waals surface area (Å²) in [6, 6.07) is 18.5. The van der Waals surface area contributed by atoms with Crippen LogP contribution < -0.4 is 10.6 Å². The Morgan fingerprint density at radius 2 is 1.77 bits per heavy atom. The molecule has 0 spiro atoms. The molecule has 0 fully saturated rings. The van der Waals surface area contributed by atoms with Gasteiger partial charge in [0.1, 0.15) is 6.10 Å². The smallest absolute Gasteiger partial charge is 0.306 e. The predicted molar refractivity (Wildman–Crippen MR) is 133 cm³/mol. The molecule has 7 heteroatoms. The molecule has 35 heavy (non-hydrogen) atoms. The molecule has 2 amide bonds. The van der Waals surface area contributed by atoms with Crippen LogP contribution in [0.4, 0.5) is 0 Å². The Morgan fingerprint density at radius 3 is 2.49 bits per heavy atom. The number of allylic oxidation sites excluding steroid dienone is 2. The molecular weight excluding hydrogens is 444 g/mol. The maximum Gasteiger partial charge on any atom is 0.306 e. The molecule has 0 aliphatic carbocycles. The van der Waals surface area contributed by atoms with Gasteiger partial charge in [-0.05, 0) is 36.8 Å². The Balaban J connectivity index is 1.65. The van der Waals surface area contributed by atoms with Gasteiger partial charge in [0.15, 0.2) is 0 Å². The van der Waals surface area contributed by atoms with E-state index in [1.165, 1.54) is 0 Å². The average molecular weight is 479 g/mol. The van der Waals surface area contributed by atoms with E-state index in [0.29, 0.717) is 32.1 Å². The van der Waals surface area contributed by atoms with Crippen molar-refractivity contribution in [3.63, 3.8) is 0 Å². The number of esters is 1. The van der Waals surface area contributed by atoms with Crippen molar-refractivity contribution < 1.29 is 24.2 Å². The number of ether oxygens (including phenoxy) is 1. The van der Waals surface area contributed by atoms with Gasteiger partial charge >= 0.3 is 5.97 Å². The molecule has 3 N–H and O–H groups in total. The van der Waals surface area contributed by atoms with E-state index in [-0.39, 0.29) is 37.4 Å². The molecule has 0 saturated heterocycles. The van der Waals surface area contributed by atoms with E-state index < -0.39 is 18.1 Å². The lowest BCUT2D eigenvalue weighted by Gasteiger charge is -2.22. The van der Waals surface area contributed by atoms with Gasteiger partial charge in [0, 0.05) is 12.8 Å². The van der Waals surface area contributed by atoms with E-state index in [4.69, 9.17) is 4.74 Å². The first-order valence-electron chi connectivity index (χ1n) is 12.2. The van der Waals surface area contributed by atoms with Crippen LogP contribution in [0.15, 0.2) is 72.8 Å². The maximum absolute atomic E-state index is 13.0. The summed E-state index contributed by atoms with van der Waals surface area (Å²) in [4.78, 5) is 38.1. The average Bonchev–Trinajstić information content (AvgIpc) is 2.89. The number of aliphatic hydroxyl groups excluding tert-OH is 1. The number of amides is 2. The summed E-state index contributed by atoms with van der Waals surface area (Å²) in [6.07, 6.45) is 5.79. The molecule has 0 radical (unpaired) electrons. The zero-order valence-electron chi connectivity index (χ0n) is 19.9. The molecular formula is C28H34N2O5. The molecule has 0 saturated carbocycles. The fraction of sp³-hybridized carbons (Fsp3) is 0.393. The Hall–Kier alpha value is -3.45. The molecule has 1 aliphatic rings. The minimum Gasteiger partial charge on any atom is -0.456 e. The second kappa shape index (κ2) is 14.1. The van der Waals surface area contributed by atoms with Crippen LogP contribution in [0.1, 0.15) is 49.3 Å². The summed E-state index contributed by atoms with van der Waals surface area (Å²) in [5, 5.41) is 15.5. The van der Waals surface area contributed by atoms with Crippen molar-refractivity contribution in [2.24, 2.45) is 5.92 Å². The molecule has 2 aromatic rings. The Morgan fingerprint density at radius 1 is 1.06 bits per heavy atom. The first-order valence-corrected chi connectivity index (χ1v) is 12.2. The van der Waals surface area contributed by atoms with Crippen molar-refractivity contribution >= 4 is 17.8 Å². The quantitative estimate of drug-likeness (QED) is 0.419. The van der Waals surface area contributed by atoms with E-state index in [9.17, 15) is 19.5 Å². The molecule has 7 nitrogen and oxygen atoms in total. The van der Waals surface area contributed by atoms with Gasteiger partial charge in [0.25, 0.3) is 0 Å². The van der Waals surface area contributed by atoms with Crippen molar-refractivity contribution in [2.45, 2.75) is 50.7 Å². The highest BCUT2D eigenvalue weighted by atomic mass is 16.5. The lowest BCUT2D eigenvalue weighted by atomic mass is 9.98. The number of cyclic esters (lactones) is 1. The highest BCUT2D eigenvalue weighted by Gasteiger charge is 2.25. The van der Waals surface area contributed by atoms with Crippen LogP contribution in [0.25, 0.3) is 0 Å². The van der Waals surface area contributed by atoms with Gasteiger partial charge < -0.3 is 20.5 Å². The zero-order chi connectivity index (χ0) is 24.9. The minimum absolute atomic E-state index is 0.00272. The largest absolute Gasteiger partial charge is 0.456 e. The summed E-state index contributed by atoms with van der Waals surface area (Å²) in [5.74, 6) is -1.44. The van der Waals surface area contributed by atoms with Gasteiger partial charge in [-0.2, -0.15) is 0 Å². The van der Waals surface area contributed by atoms with Gasteiger partial charge in [-0.1, -0.05) is 72.8 Å². The standard InChI is InChI=1S/C28H34N2O5/c31-20-24(17-21-11-5-3-6-12-21)30-26(32)18-23-15-7-1-2-10-16-27(33)35-25(19-29-28(23)34)22-13-8-4-9-14-22/h1,3-9,11-14,23-25,31H,2,10,15-20H2,(H,29,34)(H,30,32)/t23-,24-,25+/m1/s1. The number of aliphatic hydroxyl groups is 1. The van der Waals surface area contributed by atoms with Crippen molar-refractivity contribution in [1.82, 2.24) is 10.6 Å². The van der Waals surface area contributed by atoms with Gasteiger partial charge in [-0.25, -0.2) is 0 Å². The fourth-order valence-electron chi connectivity index (χ4n) is 4.05. The molecule has 0 unspecified atom stereocenters. The van der Waals surface area contributed by atoms with Crippen LogP contribution in [0.2, 0.25) is 0 Å². The summed E-state index contributed by atoms with van der Waals surface area (Å²) >= 11 is 0. The van der Waals surface area contributed by atoms with Gasteiger partial charge in [-0.15, -0.1) is 0 Å². The van der Waals surface area contributed by atoms with Crippen LogP contribution in [0.5, 0.6) is 0 Å². The summed E-state index contributed by atoms with van der Waals surface area (Å²) in [5.41, 5.74) is 1.81. The van der Waals surface area contributed by atoms with Gasteiger partial charge in [0.05, 0.1) is 25.1 Å². The third-order valence-electron chi connectivity index (χ3n) is 5.96. The Labute approximate surface area is 206 Å². The molecule has 1 heterocycles. The van der Waals surface area contributed by atoms with Crippen LogP contribution in [-0.4, -0.2) is 42.1 Å². The van der Waals surface area contributed by atoms with E-state index in [1.54, 1.807) is 0 Å². The third kappa shape index (κ3) is 9.02. The van der Waals surface area contributed by atoms with E-state index >= 15 is 0 Å². The monoisotopic (exact) mass is 478 g/mol. The second-order valence-electron chi connectivity index (χ2n) is 8.77. The predicted octanol–water partition coefficient (Wildman–Crippen LogP) is 3.24. The Kier molecular flexibility index (Phi) is 10.5. The van der Waals surface area contributed by atoms with Gasteiger partial charge in [-0.3, -0.25) is 14.4 Å². The highest BCUT2D eigenvalue weighted by Crippen LogP contribution is 2.20. The number of rotatable bonds is 7.